The maximum Gasteiger partial charge on any atom is 0.315 e. The molecular formula is C7H17N3O. The summed E-state index contributed by atoms with van der Waals surface area (Å²) in [5.41, 5.74) is 10.6. The van der Waals surface area contributed by atoms with Crippen molar-refractivity contribution in [2.45, 2.75) is 32.9 Å². The number of primary amides is 1. The molecule has 1 atom stereocenters. The first kappa shape index (κ1) is 10.2. The van der Waals surface area contributed by atoms with Crippen molar-refractivity contribution in [1.29, 1.82) is 0 Å². The van der Waals surface area contributed by atoms with Gasteiger partial charge in [-0.1, -0.05) is 0 Å². The van der Waals surface area contributed by atoms with E-state index >= 15 is 0 Å². The topological polar surface area (TPSA) is 72.3 Å². The second-order valence-corrected chi connectivity index (χ2v) is 3.06. The number of hydrogen-bond acceptors (Lipinski definition) is 2. The van der Waals surface area contributed by atoms with E-state index in [0.717, 1.165) is 0 Å². The molecule has 0 heterocycles. The molecule has 0 bridgehead atoms. The molecule has 0 aromatic rings. The average Bonchev–Trinajstić information content (AvgIpc) is 1.81. The smallest absolute Gasteiger partial charge is 0.315 e. The van der Waals surface area contributed by atoms with Gasteiger partial charge < -0.3 is 16.4 Å². The molecule has 66 valence electrons. The van der Waals surface area contributed by atoms with E-state index in [4.69, 9.17) is 11.5 Å². The van der Waals surface area contributed by atoms with Crippen LogP contribution in [0.2, 0.25) is 0 Å². The van der Waals surface area contributed by atoms with Gasteiger partial charge in [-0.25, -0.2) is 4.79 Å². The number of nitrogens with two attached hydrogens (primary N) is 2. The van der Waals surface area contributed by atoms with Gasteiger partial charge in [0.1, 0.15) is 0 Å². The third-order valence-electron chi connectivity index (χ3n) is 1.39. The van der Waals surface area contributed by atoms with Gasteiger partial charge in [0.2, 0.25) is 0 Å². The monoisotopic (exact) mass is 159 g/mol. The molecule has 0 aliphatic carbocycles. The van der Waals surface area contributed by atoms with Crippen LogP contribution in [0.3, 0.4) is 0 Å². The molecule has 0 aromatic heterocycles. The van der Waals surface area contributed by atoms with Crippen LogP contribution in [0.5, 0.6) is 0 Å². The average molecular weight is 159 g/mol. The highest BCUT2D eigenvalue weighted by atomic mass is 16.2. The van der Waals surface area contributed by atoms with E-state index in [0.29, 0.717) is 6.54 Å². The Bertz CT molecular complexity index is 134. The van der Waals surface area contributed by atoms with Crippen molar-refractivity contribution in [2.75, 3.05) is 6.54 Å². The van der Waals surface area contributed by atoms with E-state index < -0.39 is 6.03 Å². The number of carbonyl (C=O) groups excluding carboxylic acids is 1. The molecule has 0 saturated carbocycles. The third kappa shape index (κ3) is 3.83. The van der Waals surface area contributed by atoms with E-state index in [1.807, 2.05) is 20.8 Å². The van der Waals surface area contributed by atoms with Crippen LogP contribution in [-0.2, 0) is 0 Å². The molecule has 0 radical (unpaired) electrons. The molecular weight excluding hydrogens is 142 g/mol. The van der Waals surface area contributed by atoms with Crippen LogP contribution in [0.4, 0.5) is 4.79 Å². The number of amides is 2. The molecule has 0 saturated heterocycles. The zero-order chi connectivity index (χ0) is 9.02. The summed E-state index contributed by atoms with van der Waals surface area (Å²) < 4.78 is 0. The Kier molecular flexibility index (Phi) is 3.89. The molecule has 0 rings (SSSR count). The highest BCUT2D eigenvalue weighted by Crippen LogP contribution is 1.97. The lowest BCUT2D eigenvalue weighted by Crippen LogP contribution is -2.46. The van der Waals surface area contributed by atoms with Crippen molar-refractivity contribution in [3.05, 3.63) is 0 Å². The summed E-state index contributed by atoms with van der Waals surface area (Å²) in [5, 5.41) is 0. The highest BCUT2D eigenvalue weighted by Gasteiger charge is 2.14. The second-order valence-electron chi connectivity index (χ2n) is 3.06. The Hall–Kier alpha value is -0.770. The Balaban J connectivity index is 4.01. The summed E-state index contributed by atoms with van der Waals surface area (Å²) in [6.45, 7) is 6.19. The molecule has 0 aliphatic rings. The Morgan fingerprint density at radius 1 is 1.45 bits per heavy atom. The molecule has 11 heavy (non-hydrogen) atoms. The summed E-state index contributed by atoms with van der Waals surface area (Å²) in [6, 6.07) is -0.305. The fourth-order valence-electron chi connectivity index (χ4n) is 0.866. The van der Waals surface area contributed by atoms with Gasteiger partial charge in [0.25, 0.3) is 0 Å². The number of urea groups is 1. The molecule has 0 aliphatic heterocycles. The maximum atomic E-state index is 10.8. The Morgan fingerprint density at radius 2 is 1.91 bits per heavy atom. The van der Waals surface area contributed by atoms with Gasteiger partial charge >= 0.3 is 6.03 Å². The van der Waals surface area contributed by atoms with Crippen LogP contribution in [0.15, 0.2) is 0 Å². The van der Waals surface area contributed by atoms with E-state index in [1.165, 1.54) is 0 Å². The minimum absolute atomic E-state index is 0.0232. The first-order chi connectivity index (χ1) is 4.95. The van der Waals surface area contributed by atoms with Crippen molar-refractivity contribution >= 4 is 6.03 Å². The number of nitrogens with zero attached hydrogens (tertiary/aromatic N) is 1. The predicted octanol–water partition coefficient (Wildman–Crippen LogP) is 0.123. The van der Waals surface area contributed by atoms with Gasteiger partial charge in [0.05, 0.1) is 0 Å². The third-order valence-corrected chi connectivity index (χ3v) is 1.39. The molecule has 2 amide bonds. The van der Waals surface area contributed by atoms with Crippen molar-refractivity contribution in [3.63, 3.8) is 0 Å². The SMILES string of the molecule is CC(N)CN(C(N)=O)C(C)C. The van der Waals surface area contributed by atoms with Crippen LogP contribution in [-0.4, -0.2) is 29.6 Å². The Morgan fingerprint density at radius 3 is 2.00 bits per heavy atom. The first-order valence-electron chi connectivity index (χ1n) is 3.76. The summed E-state index contributed by atoms with van der Waals surface area (Å²) in [7, 11) is 0. The van der Waals surface area contributed by atoms with E-state index in [-0.39, 0.29) is 12.1 Å². The molecule has 4 N–H and O–H groups in total. The standard InChI is InChI=1S/C7H17N3O/c1-5(2)10(7(9)11)4-6(3)8/h5-6H,4,8H2,1-3H3,(H2,9,11). The number of hydrogen-bond donors (Lipinski definition) is 2. The van der Waals surface area contributed by atoms with E-state index in [1.54, 1.807) is 4.90 Å². The fourth-order valence-corrected chi connectivity index (χ4v) is 0.866. The van der Waals surface area contributed by atoms with Crippen LogP contribution in [0.1, 0.15) is 20.8 Å². The largest absolute Gasteiger partial charge is 0.351 e. The van der Waals surface area contributed by atoms with Gasteiger partial charge in [0.15, 0.2) is 0 Å². The lowest BCUT2D eigenvalue weighted by molar-refractivity contribution is 0.189. The lowest BCUT2D eigenvalue weighted by Gasteiger charge is -2.26. The molecule has 1 unspecified atom stereocenters. The quantitative estimate of drug-likeness (QED) is 0.614. The zero-order valence-electron chi connectivity index (χ0n) is 7.37. The molecule has 0 fully saturated rings. The van der Waals surface area contributed by atoms with Gasteiger partial charge in [-0.3, -0.25) is 0 Å². The zero-order valence-corrected chi connectivity index (χ0v) is 7.37. The normalized spacial score (nSPS) is 13.2. The van der Waals surface area contributed by atoms with E-state index in [2.05, 4.69) is 0 Å². The summed E-state index contributed by atoms with van der Waals surface area (Å²) >= 11 is 0. The van der Waals surface area contributed by atoms with Crippen molar-refractivity contribution in [1.82, 2.24) is 4.90 Å². The summed E-state index contributed by atoms with van der Waals surface area (Å²) in [5.74, 6) is 0. The molecule has 4 nitrogen and oxygen atoms in total. The van der Waals surface area contributed by atoms with Gasteiger partial charge in [-0.15, -0.1) is 0 Å². The number of carbonyl (C=O) groups is 1. The summed E-state index contributed by atoms with van der Waals surface area (Å²) in [4.78, 5) is 12.3. The van der Waals surface area contributed by atoms with Gasteiger partial charge in [-0.05, 0) is 20.8 Å². The Labute approximate surface area is 67.5 Å². The van der Waals surface area contributed by atoms with Crippen LogP contribution in [0, 0.1) is 0 Å². The minimum atomic E-state index is -0.405. The van der Waals surface area contributed by atoms with Crippen molar-refractivity contribution in [3.8, 4) is 0 Å². The first-order valence-corrected chi connectivity index (χ1v) is 3.76. The van der Waals surface area contributed by atoms with Crippen LogP contribution in [0.25, 0.3) is 0 Å². The predicted molar refractivity (Wildman–Crippen MR) is 45.1 cm³/mol. The summed E-state index contributed by atoms with van der Waals surface area (Å²) in [6.07, 6.45) is 0. The molecule has 4 heteroatoms. The fraction of sp³-hybridized carbons (Fsp3) is 0.857. The van der Waals surface area contributed by atoms with Crippen LogP contribution < -0.4 is 11.5 Å². The maximum absolute atomic E-state index is 10.8. The lowest BCUT2D eigenvalue weighted by atomic mass is 10.2. The highest BCUT2D eigenvalue weighted by molar-refractivity contribution is 5.72. The van der Waals surface area contributed by atoms with Crippen molar-refractivity contribution in [2.24, 2.45) is 11.5 Å². The van der Waals surface area contributed by atoms with Gasteiger partial charge in [0, 0.05) is 18.6 Å². The molecule has 0 aromatic carbocycles. The van der Waals surface area contributed by atoms with Gasteiger partial charge in [-0.2, -0.15) is 0 Å². The van der Waals surface area contributed by atoms with Crippen LogP contribution >= 0.6 is 0 Å². The second kappa shape index (κ2) is 4.18. The minimum Gasteiger partial charge on any atom is -0.351 e. The molecule has 0 spiro atoms. The van der Waals surface area contributed by atoms with Crippen molar-refractivity contribution < 1.29 is 4.79 Å². The van der Waals surface area contributed by atoms with E-state index in [9.17, 15) is 4.79 Å². The number of rotatable bonds is 3.